The standard InChI is InChI=1S/C13H21N5O/c19-13(17-18-8-2-1-3-9-18)12-10-4-6-14-7-5-11(10)15-16-12/h5,7,10,12,15-16H,1-4,6,8-9H2,(H,17,19). The zero-order valence-electron chi connectivity index (χ0n) is 11.1. The summed E-state index contributed by atoms with van der Waals surface area (Å²) in [6, 6.07) is -0.199. The highest BCUT2D eigenvalue weighted by atomic mass is 16.2. The average Bonchev–Trinajstić information content (AvgIpc) is 2.69. The minimum Gasteiger partial charge on any atom is -0.324 e. The van der Waals surface area contributed by atoms with Gasteiger partial charge in [0.1, 0.15) is 6.04 Å². The van der Waals surface area contributed by atoms with Crippen molar-refractivity contribution >= 4 is 12.1 Å². The molecular formula is C13H21N5O. The second kappa shape index (κ2) is 5.71. The quantitative estimate of drug-likeness (QED) is 0.653. The molecule has 3 aliphatic rings. The lowest BCUT2D eigenvalue weighted by Crippen LogP contribution is -2.53. The number of nitrogens with one attached hydrogen (secondary N) is 3. The smallest absolute Gasteiger partial charge is 0.253 e. The predicted molar refractivity (Wildman–Crippen MR) is 73.2 cm³/mol. The summed E-state index contributed by atoms with van der Waals surface area (Å²) in [5.74, 6) is 0.261. The number of rotatable bonds is 2. The number of hydrogen-bond acceptors (Lipinski definition) is 5. The Hall–Kier alpha value is -1.40. The van der Waals surface area contributed by atoms with Gasteiger partial charge in [-0.25, -0.2) is 10.4 Å². The van der Waals surface area contributed by atoms with Crippen LogP contribution in [0, 0.1) is 5.92 Å². The Balaban J connectivity index is 1.60. The van der Waals surface area contributed by atoms with Gasteiger partial charge in [-0.2, -0.15) is 0 Å². The van der Waals surface area contributed by atoms with Gasteiger partial charge in [0.05, 0.1) is 0 Å². The first-order valence-electron chi connectivity index (χ1n) is 7.11. The number of hydrogen-bond donors (Lipinski definition) is 3. The summed E-state index contributed by atoms with van der Waals surface area (Å²) in [6.07, 6.45) is 8.27. The molecule has 19 heavy (non-hydrogen) atoms. The lowest BCUT2D eigenvalue weighted by molar-refractivity contribution is -0.129. The first-order chi connectivity index (χ1) is 9.34. The molecule has 2 saturated heterocycles. The lowest BCUT2D eigenvalue weighted by Gasteiger charge is -2.28. The molecule has 0 radical (unpaired) electrons. The highest BCUT2D eigenvalue weighted by Crippen LogP contribution is 2.23. The number of amides is 1. The molecule has 0 aromatic carbocycles. The molecule has 0 aliphatic carbocycles. The van der Waals surface area contributed by atoms with Gasteiger partial charge in [0.2, 0.25) is 0 Å². The van der Waals surface area contributed by atoms with Crippen LogP contribution in [0.1, 0.15) is 25.7 Å². The largest absolute Gasteiger partial charge is 0.324 e. The van der Waals surface area contributed by atoms with Crippen molar-refractivity contribution < 1.29 is 4.79 Å². The maximum absolute atomic E-state index is 12.4. The lowest BCUT2D eigenvalue weighted by atomic mass is 9.94. The molecule has 2 atom stereocenters. The van der Waals surface area contributed by atoms with Crippen molar-refractivity contribution in [1.29, 1.82) is 0 Å². The molecule has 3 aliphatic heterocycles. The third kappa shape index (κ3) is 2.79. The molecule has 0 spiro atoms. The van der Waals surface area contributed by atoms with Crippen LogP contribution in [0.5, 0.6) is 0 Å². The molecule has 0 saturated carbocycles. The summed E-state index contributed by atoms with van der Waals surface area (Å²) >= 11 is 0. The molecule has 6 heteroatoms. The molecule has 104 valence electrons. The van der Waals surface area contributed by atoms with E-state index in [1.54, 1.807) is 0 Å². The SMILES string of the molecule is O=C(NN1CCCCC1)C1NNC2=CC=NCCC21. The van der Waals surface area contributed by atoms with Gasteiger partial charge in [0, 0.05) is 37.5 Å². The fraction of sp³-hybridized carbons (Fsp3) is 0.692. The van der Waals surface area contributed by atoms with Crippen LogP contribution >= 0.6 is 0 Å². The van der Waals surface area contributed by atoms with Crippen LogP contribution in [-0.4, -0.2) is 42.8 Å². The zero-order valence-corrected chi connectivity index (χ0v) is 11.1. The normalized spacial score (nSPS) is 31.1. The maximum Gasteiger partial charge on any atom is 0.253 e. The monoisotopic (exact) mass is 263 g/mol. The Morgan fingerprint density at radius 1 is 1.37 bits per heavy atom. The van der Waals surface area contributed by atoms with Crippen LogP contribution < -0.4 is 16.3 Å². The maximum atomic E-state index is 12.4. The molecule has 2 fully saturated rings. The van der Waals surface area contributed by atoms with E-state index in [4.69, 9.17) is 0 Å². The summed E-state index contributed by atoms with van der Waals surface area (Å²) in [5.41, 5.74) is 10.3. The summed E-state index contributed by atoms with van der Waals surface area (Å²) in [5, 5.41) is 2.04. The Morgan fingerprint density at radius 2 is 2.21 bits per heavy atom. The van der Waals surface area contributed by atoms with Gasteiger partial charge >= 0.3 is 0 Å². The Morgan fingerprint density at radius 3 is 3.05 bits per heavy atom. The second-order valence-corrected chi connectivity index (χ2v) is 5.34. The first kappa shape index (κ1) is 12.6. The van der Waals surface area contributed by atoms with Crippen LogP contribution in [0.25, 0.3) is 0 Å². The number of carbonyl (C=O) groups excluding carboxylic acids is 1. The van der Waals surface area contributed by atoms with Crippen LogP contribution in [0.15, 0.2) is 16.8 Å². The van der Waals surface area contributed by atoms with Crippen molar-refractivity contribution in [1.82, 2.24) is 21.3 Å². The van der Waals surface area contributed by atoms with Crippen LogP contribution in [0.3, 0.4) is 0 Å². The van der Waals surface area contributed by atoms with E-state index < -0.39 is 0 Å². The third-order valence-electron chi connectivity index (χ3n) is 4.01. The van der Waals surface area contributed by atoms with E-state index >= 15 is 0 Å². The van der Waals surface area contributed by atoms with Crippen molar-refractivity contribution in [2.24, 2.45) is 10.9 Å². The van der Waals surface area contributed by atoms with Gasteiger partial charge < -0.3 is 5.43 Å². The van der Waals surface area contributed by atoms with E-state index in [0.717, 1.165) is 31.8 Å². The second-order valence-electron chi connectivity index (χ2n) is 5.34. The molecule has 0 bridgehead atoms. The number of hydrazine groups is 2. The average molecular weight is 263 g/mol. The summed E-state index contributed by atoms with van der Waals surface area (Å²) < 4.78 is 0. The Bertz CT molecular complexity index is 400. The number of allylic oxidation sites excluding steroid dienone is 1. The fourth-order valence-electron chi connectivity index (χ4n) is 2.92. The molecule has 0 aromatic rings. The Kier molecular flexibility index (Phi) is 3.79. The summed E-state index contributed by atoms with van der Waals surface area (Å²) in [7, 11) is 0. The van der Waals surface area contributed by atoms with Crippen LogP contribution in [-0.2, 0) is 4.79 Å². The molecule has 3 heterocycles. The number of piperidine rings is 1. The fourth-order valence-corrected chi connectivity index (χ4v) is 2.92. The topological polar surface area (TPSA) is 68.8 Å². The third-order valence-corrected chi connectivity index (χ3v) is 4.01. The summed E-state index contributed by atoms with van der Waals surface area (Å²) in [6.45, 7) is 2.70. The van der Waals surface area contributed by atoms with Crippen molar-refractivity contribution in [2.75, 3.05) is 19.6 Å². The van der Waals surface area contributed by atoms with Gasteiger partial charge in [0.15, 0.2) is 0 Å². The van der Waals surface area contributed by atoms with E-state index in [2.05, 4.69) is 21.3 Å². The van der Waals surface area contributed by atoms with Crippen molar-refractivity contribution in [3.63, 3.8) is 0 Å². The van der Waals surface area contributed by atoms with E-state index in [9.17, 15) is 4.79 Å². The predicted octanol–water partition coefficient (Wildman–Crippen LogP) is -0.0455. The van der Waals surface area contributed by atoms with Gasteiger partial charge in [-0.1, -0.05) is 6.42 Å². The molecule has 2 unspecified atom stereocenters. The number of fused-ring (bicyclic) bond motifs is 1. The van der Waals surface area contributed by atoms with Crippen LogP contribution in [0.2, 0.25) is 0 Å². The molecule has 3 N–H and O–H groups in total. The molecule has 1 amide bonds. The Labute approximate surface area is 113 Å². The van der Waals surface area contributed by atoms with E-state index in [-0.39, 0.29) is 17.9 Å². The highest BCUT2D eigenvalue weighted by molar-refractivity contribution is 5.83. The first-order valence-corrected chi connectivity index (χ1v) is 7.11. The highest BCUT2D eigenvalue weighted by Gasteiger charge is 2.37. The molecule has 6 nitrogen and oxygen atoms in total. The molecule has 0 aromatic heterocycles. The van der Waals surface area contributed by atoms with E-state index in [1.807, 2.05) is 17.3 Å². The van der Waals surface area contributed by atoms with Gasteiger partial charge in [-0.15, -0.1) is 0 Å². The van der Waals surface area contributed by atoms with Crippen LogP contribution in [0.4, 0.5) is 0 Å². The number of carbonyl (C=O) groups is 1. The van der Waals surface area contributed by atoms with Crippen molar-refractivity contribution in [3.8, 4) is 0 Å². The van der Waals surface area contributed by atoms with E-state index in [0.29, 0.717) is 0 Å². The molecule has 3 rings (SSSR count). The number of aliphatic imine (C=N–C) groups is 1. The summed E-state index contributed by atoms with van der Waals surface area (Å²) in [4.78, 5) is 16.6. The van der Waals surface area contributed by atoms with Gasteiger partial charge in [0.25, 0.3) is 5.91 Å². The zero-order chi connectivity index (χ0) is 13.1. The molecular weight excluding hydrogens is 242 g/mol. The van der Waals surface area contributed by atoms with E-state index in [1.165, 1.54) is 19.3 Å². The minimum absolute atomic E-state index is 0.0599. The van der Waals surface area contributed by atoms with Crippen molar-refractivity contribution in [2.45, 2.75) is 31.7 Å². The minimum atomic E-state index is -0.199. The number of nitrogens with zero attached hydrogens (tertiary/aromatic N) is 2. The van der Waals surface area contributed by atoms with Crippen molar-refractivity contribution in [3.05, 3.63) is 11.8 Å². The van der Waals surface area contributed by atoms with Gasteiger partial charge in [-0.05, 0) is 25.3 Å². The van der Waals surface area contributed by atoms with Gasteiger partial charge in [-0.3, -0.25) is 15.2 Å².